The van der Waals surface area contributed by atoms with E-state index in [1.165, 1.54) is 0 Å². The Morgan fingerprint density at radius 1 is 1.35 bits per heavy atom. The molecule has 0 radical (unpaired) electrons. The zero-order valence-corrected chi connectivity index (χ0v) is 12.6. The Morgan fingerprint density at radius 3 is 2.90 bits per heavy atom. The monoisotopic (exact) mass is 287 g/mol. The van der Waals surface area contributed by atoms with Gasteiger partial charge in [-0.2, -0.15) is 5.10 Å². The van der Waals surface area contributed by atoms with E-state index in [4.69, 9.17) is 0 Å². The van der Waals surface area contributed by atoms with Crippen molar-refractivity contribution in [3.63, 3.8) is 0 Å². The number of anilines is 1. The molecule has 5 nitrogen and oxygen atoms in total. The van der Waals surface area contributed by atoms with Crippen molar-refractivity contribution in [2.45, 2.75) is 33.4 Å². The van der Waals surface area contributed by atoms with Crippen LogP contribution in [0.25, 0.3) is 11.0 Å². The Bertz CT molecular complexity index is 728. The van der Waals surface area contributed by atoms with Crippen molar-refractivity contribution < 1.29 is 0 Å². The average molecular weight is 287 g/mol. The minimum atomic E-state index is 0.317. The van der Waals surface area contributed by atoms with E-state index in [9.17, 15) is 0 Å². The predicted molar refractivity (Wildman–Crippen MR) is 82.1 cm³/mol. The lowest BCUT2D eigenvalue weighted by molar-refractivity contribution is 0.546. The van der Waals surface area contributed by atoms with Gasteiger partial charge in [-0.05, 0) is 26.8 Å². The third-order valence-electron chi connectivity index (χ3n) is 3.03. The third-order valence-corrected chi connectivity index (χ3v) is 4.00. The van der Waals surface area contributed by atoms with Crippen molar-refractivity contribution in [2.24, 2.45) is 0 Å². The molecule has 3 rings (SSSR count). The standard InChI is InChI=1S/C14H17N5S/c1-9(2)19-14-11(5-17-19)4-12(6-16-14)15-7-13-18-10(3)8-20-13/h4-6,8-9,15H,7H2,1-3H3. The van der Waals surface area contributed by atoms with E-state index in [-0.39, 0.29) is 0 Å². The first-order chi connectivity index (χ1) is 9.63. The number of nitrogens with zero attached hydrogens (tertiary/aromatic N) is 4. The fraction of sp³-hybridized carbons (Fsp3) is 0.357. The second kappa shape index (κ2) is 5.20. The summed E-state index contributed by atoms with van der Waals surface area (Å²) in [5, 5.41) is 11.9. The number of hydrogen-bond acceptors (Lipinski definition) is 5. The van der Waals surface area contributed by atoms with Crippen LogP contribution in [0, 0.1) is 6.92 Å². The molecule has 3 aromatic heterocycles. The van der Waals surface area contributed by atoms with Gasteiger partial charge in [0.25, 0.3) is 0 Å². The number of hydrogen-bond donors (Lipinski definition) is 1. The molecule has 0 unspecified atom stereocenters. The zero-order valence-electron chi connectivity index (χ0n) is 11.8. The molecule has 0 saturated heterocycles. The number of aryl methyl sites for hydroxylation is 1. The Balaban J connectivity index is 1.79. The highest BCUT2D eigenvalue weighted by atomic mass is 32.1. The van der Waals surface area contributed by atoms with Crippen LogP contribution in [0.1, 0.15) is 30.6 Å². The molecule has 0 aromatic carbocycles. The molecule has 6 heteroatoms. The largest absolute Gasteiger partial charge is 0.377 e. The van der Waals surface area contributed by atoms with Gasteiger partial charge in [-0.25, -0.2) is 14.6 Å². The Labute approximate surface area is 121 Å². The number of rotatable bonds is 4. The summed E-state index contributed by atoms with van der Waals surface area (Å²) in [5.74, 6) is 0. The SMILES string of the molecule is Cc1csc(CNc2cnc3c(cnn3C(C)C)c2)n1. The zero-order chi connectivity index (χ0) is 14.1. The van der Waals surface area contributed by atoms with Gasteiger partial charge in [-0.3, -0.25) is 0 Å². The van der Waals surface area contributed by atoms with E-state index in [0.29, 0.717) is 6.04 Å². The molecular weight excluding hydrogens is 270 g/mol. The fourth-order valence-electron chi connectivity index (χ4n) is 2.08. The fourth-order valence-corrected chi connectivity index (χ4v) is 2.79. The second-order valence-electron chi connectivity index (χ2n) is 5.06. The molecule has 0 amide bonds. The molecule has 0 atom stereocenters. The van der Waals surface area contributed by atoms with Crippen molar-refractivity contribution in [3.05, 3.63) is 34.5 Å². The first-order valence-corrected chi connectivity index (χ1v) is 7.49. The van der Waals surface area contributed by atoms with Gasteiger partial charge in [-0.1, -0.05) is 0 Å². The molecule has 1 N–H and O–H groups in total. The number of nitrogens with one attached hydrogen (secondary N) is 1. The quantitative estimate of drug-likeness (QED) is 0.799. The molecule has 0 aliphatic heterocycles. The molecule has 0 fully saturated rings. The van der Waals surface area contributed by atoms with Crippen molar-refractivity contribution in [1.29, 1.82) is 0 Å². The highest BCUT2D eigenvalue weighted by molar-refractivity contribution is 7.09. The maximum Gasteiger partial charge on any atom is 0.158 e. The van der Waals surface area contributed by atoms with Gasteiger partial charge >= 0.3 is 0 Å². The van der Waals surface area contributed by atoms with Gasteiger partial charge in [0, 0.05) is 22.5 Å². The highest BCUT2D eigenvalue weighted by Crippen LogP contribution is 2.19. The van der Waals surface area contributed by atoms with Crippen LogP contribution < -0.4 is 5.32 Å². The number of thiazole rings is 1. The molecule has 20 heavy (non-hydrogen) atoms. The maximum atomic E-state index is 4.50. The van der Waals surface area contributed by atoms with Crippen LogP contribution in [-0.2, 0) is 6.54 Å². The van der Waals surface area contributed by atoms with Crippen LogP contribution in [0.2, 0.25) is 0 Å². The molecule has 104 valence electrons. The van der Waals surface area contributed by atoms with Gasteiger partial charge in [-0.15, -0.1) is 11.3 Å². The summed E-state index contributed by atoms with van der Waals surface area (Å²) in [6, 6.07) is 2.39. The van der Waals surface area contributed by atoms with E-state index in [0.717, 1.165) is 34.0 Å². The van der Waals surface area contributed by atoms with Gasteiger partial charge in [0.1, 0.15) is 5.01 Å². The van der Waals surface area contributed by atoms with Crippen molar-refractivity contribution in [2.75, 3.05) is 5.32 Å². The van der Waals surface area contributed by atoms with Crippen LogP contribution in [0.5, 0.6) is 0 Å². The molecule has 0 aliphatic carbocycles. The molecule has 0 saturated carbocycles. The summed E-state index contributed by atoms with van der Waals surface area (Å²) in [6.07, 6.45) is 3.71. The van der Waals surface area contributed by atoms with E-state index >= 15 is 0 Å². The van der Waals surface area contributed by atoms with Gasteiger partial charge in [0.15, 0.2) is 5.65 Å². The summed E-state index contributed by atoms with van der Waals surface area (Å²) in [7, 11) is 0. The van der Waals surface area contributed by atoms with Crippen LogP contribution in [0.3, 0.4) is 0 Å². The van der Waals surface area contributed by atoms with Gasteiger partial charge in [0.05, 0.1) is 24.6 Å². The first kappa shape index (κ1) is 13.1. The van der Waals surface area contributed by atoms with Crippen molar-refractivity contribution >= 4 is 28.1 Å². The van der Waals surface area contributed by atoms with Gasteiger partial charge in [0.2, 0.25) is 0 Å². The normalized spacial score (nSPS) is 11.4. The van der Waals surface area contributed by atoms with Gasteiger partial charge < -0.3 is 5.32 Å². The summed E-state index contributed by atoms with van der Waals surface area (Å²) < 4.78 is 1.93. The van der Waals surface area contributed by atoms with E-state index in [2.05, 4.69) is 45.7 Å². The minimum absolute atomic E-state index is 0.317. The highest BCUT2D eigenvalue weighted by Gasteiger charge is 2.08. The average Bonchev–Trinajstić information content (AvgIpc) is 3.01. The lowest BCUT2D eigenvalue weighted by Gasteiger charge is -2.07. The minimum Gasteiger partial charge on any atom is -0.377 e. The van der Waals surface area contributed by atoms with E-state index in [1.807, 2.05) is 24.0 Å². The first-order valence-electron chi connectivity index (χ1n) is 6.61. The number of fused-ring (bicyclic) bond motifs is 1. The lowest BCUT2D eigenvalue weighted by Crippen LogP contribution is -2.04. The Hall–Kier alpha value is -1.95. The second-order valence-corrected chi connectivity index (χ2v) is 6.00. The summed E-state index contributed by atoms with van der Waals surface area (Å²) in [5.41, 5.74) is 2.99. The lowest BCUT2D eigenvalue weighted by atomic mass is 10.3. The topological polar surface area (TPSA) is 55.6 Å². The van der Waals surface area contributed by atoms with E-state index < -0.39 is 0 Å². The van der Waals surface area contributed by atoms with Crippen LogP contribution in [-0.4, -0.2) is 19.7 Å². The summed E-state index contributed by atoms with van der Waals surface area (Å²) in [6.45, 7) is 6.94. The summed E-state index contributed by atoms with van der Waals surface area (Å²) >= 11 is 1.67. The molecule has 0 spiro atoms. The van der Waals surface area contributed by atoms with Crippen molar-refractivity contribution in [3.8, 4) is 0 Å². The van der Waals surface area contributed by atoms with Crippen LogP contribution >= 0.6 is 11.3 Å². The molecular formula is C14H17N5S. The Morgan fingerprint density at radius 2 is 2.20 bits per heavy atom. The maximum absolute atomic E-state index is 4.50. The Kier molecular flexibility index (Phi) is 3.40. The van der Waals surface area contributed by atoms with Crippen molar-refractivity contribution in [1.82, 2.24) is 19.7 Å². The number of pyridine rings is 1. The van der Waals surface area contributed by atoms with Crippen LogP contribution in [0.15, 0.2) is 23.8 Å². The number of aromatic nitrogens is 4. The molecule has 3 heterocycles. The molecule has 3 aromatic rings. The van der Waals surface area contributed by atoms with Crippen LogP contribution in [0.4, 0.5) is 5.69 Å². The predicted octanol–water partition coefficient (Wildman–Crippen LogP) is 3.39. The molecule has 0 aliphatic rings. The smallest absolute Gasteiger partial charge is 0.158 e. The molecule has 0 bridgehead atoms. The third kappa shape index (κ3) is 2.51. The van der Waals surface area contributed by atoms with E-state index in [1.54, 1.807) is 11.3 Å². The summed E-state index contributed by atoms with van der Waals surface area (Å²) in [4.78, 5) is 8.94.